The van der Waals surface area contributed by atoms with Gasteiger partial charge in [0.05, 0.1) is 16.7 Å². The van der Waals surface area contributed by atoms with Gasteiger partial charge in [-0.05, 0) is 36.8 Å². The number of phenols is 1. The number of nitrogens with zero attached hydrogens (tertiary/aromatic N) is 1. The van der Waals surface area contributed by atoms with E-state index in [0.717, 1.165) is 55.2 Å². The molecule has 50 heavy (non-hydrogen) atoms. The Bertz CT molecular complexity index is 2070. The number of ether oxygens (including phenoxy) is 1. The van der Waals surface area contributed by atoms with Crippen molar-refractivity contribution in [1.29, 1.82) is 0 Å². The molecule has 2 aromatic heterocycles. The molecule has 2 N–H and O–H groups in total. The van der Waals surface area contributed by atoms with Gasteiger partial charge in [0.15, 0.2) is 7.11 Å². The topological polar surface area (TPSA) is 38.0 Å². The first-order valence-corrected chi connectivity index (χ1v) is 16.9. The van der Waals surface area contributed by atoms with Gasteiger partial charge in [-0.25, -0.2) is 0 Å². The van der Waals surface area contributed by atoms with Crippen LogP contribution >= 0.6 is 11.3 Å². The van der Waals surface area contributed by atoms with Crippen LogP contribution in [0.25, 0.3) is 37.9 Å². The summed E-state index contributed by atoms with van der Waals surface area (Å²) in [6.45, 7) is 13.2. The molecule has 0 atom stereocenters. The number of aromatic hydroxyl groups is 2. The summed E-state index contributed by atoms with van der Waals surface area (Å²) in [5.41, 5.74) is 8.10. The molecular weight excluding hydrogens is 710 g/mol. The molecule has 0 aliphatic rings. The molecule has 0 amide bonds. The van der Waals surface area contributed by atoms with Crippen molar-refractivity contribution in [3.63, 3.8) is 0 Å². The van der Waals surface area contributed by atoms with Crippen molar-refractivity contribution in [2.75, 3.05) is 7.11 Å². The number of phenolic OH excluding ortho intramolecular Hbond substituents is 1. The Labute approximate surface area is 319 Å². The Morgan fingerprint density at radius 3 is 1.40 bits per heavy atom. The fraction of sp³-hybridized carbons (Fsp3) is 0.0444. The monoisotopic (exact) mass is 749 g/mol. The average molecular weight is 751 g/mol. The predicted molar refractivity (Wildman–Crippen MR) is 211 cm³/mol. The molecule has 0 bridgehead atoms. The zero-order valence-electron chi connectivity index (χ0n) is 28.5. The number of para-hydroxylation sites is 2. The summed E-state index contributed by atoms with van der Waals surface area (Å²) in [6.07, 6.45) is 0. The van der Waals surface area contributed by atoms with E-state index in [1.807, 2.05) is 127 Å². The van der Waals surface area contributed by atoms with Crippen LogP contribution in [0.3, 0.4) is 0 Å². The van der Waals surface area contributed by atoms with Crippen molar-refractivity contribution >= 4 is 33.1 Å². The Morgan fingerprint density at radius 2 is 1.00 bits per heavy atom. The van der Waals surface area contributed by atoms with Gasteiger partial charge in [0.25, 0.3) is 5.75 Å². The van der Waals surface area contributed by atoms with Crippen molar-refractivity contribution in [2.45, 2.75) is 6.92 Å². The van der Waals surface area contributed by atoms with Crippen LogP contribution in [0.15, 0.2) is 163 Å². The molecule has 0 fully saturated rings. The van der Waals surface area contributed by atoms with Gasteiger partial charge in [-0.1, -0.05) is 54.6 Å². The molecule has 5 heteroatoms. The van der Waals surface area contributed by atoms with E-state index in [4.69, 9.17) is 0 Å². The molecule has 0 saturated heterocycles. The predicted octanol–water partition coefficient (Wildman–Crippen LogP) is 12.0. The van der Waals surface area contributed by atoms with Crippen LogP contribution in [0.5, 0.6) is 11.5 Å². The molecule has 8 aromatic rings. The first kappa shape index (κ1) is 37.7. The summed E-state index contributed by atoms with van der Waals surface area (Å²) >= 11 is 1.60. The zero-order chi connectivity index (χ0) is 34.6. The van der Waals surface area contributed by atoms with E-state index in [1.54, 1.807) is 18.4 Å². The maximum atomic E-state index is 11.3. The molecule has 248 valence electrons. The Morgan fingerprint density at radius 1 is 0.580 bits per heavy atom. The van der Waals surface area contributed by atoms with Gasteiger partial charge in [0, 0.05) is 27.8 Å². The van der Waals surface area contributed by atoms with E-state index >= 15 is 0 Å². The van der Waals surface area contributed by atoms with E-state index in [1.165, 1.54) is 10.8 Å². The third-order valence-electron chi connectivity index (χ3n) is 7.71. The van der Waals surface area contributed by atoms with Crippen LogP contribution in [0.1, 0.15) is 22.3 Å². The Kier molecular flexibility index (Phi) is 14.0. The third kappa shape index (κ3) is 9.54. The maximum absolute atomic E-state index is 11.3. The maximum Gasteiger partial charge on any atom is 2.00 e. The van der Waals surface area contributed by atoms with Crippen LogP contribution in [0.2, 0.25) is 0 Å². The third-order valence-corrected chi connectivity index (χ3v) is 8.65. The summed E-state index contributed by atoms with van der Waals surface area (Å²) in [5, 5.41) is 15.7. The molecule has 0 aliphatic heterocycles. The molecule has 0 spiro atoms. The minimum atomic E-state index is 0. The minimum Gasteiger partial charge on any atom is -0.584 e. The smallest absolute Gasteiger partial charge is 0.584 e. The van der Waals surface area contributed by atoms with Crippen molar-refractivity contribution in [2.24, 2.45) is 0 Å². The summed E-state index contributed by atoms with van der Waals surface area (Å²) in [7, 11) is 1.78. The molecule has 3 nitrogen and oxygen atoms in total. The van der Waals surface area contributed by atoms with Crippen LogP contribution in [0, 0.1) is 27.7 Å². The van der Waals surface area contributed by atoms with Crippen molar-refractivity contribution in [1.82, 2.24) is 4.57 Å². The van der Waals surface area contributed by atoms with Gasteiger partial charge in [0.1, 0.15) is 10.6 Å². The van der Waals surface area contributed by atoms with Gasteiger partial charge >= 0.3 is 26.2 Å². The number of rotatable bonds is 3. The number of thiophene rings is 1. The van der Waals surface area contributed by atoms with Crippen molar-refractivity contribution in [3.05, 3.63) is 206 Å². The minimum absolute atomic E-state index is 0. The van der Waals surface area contributed by atoms with Crippen LogP contribution in [0.4, 0.5) is 0 Å². The fourth-order valence-electron chi connectivity index (χ4n) is 5.40. The Balaban J connectivity index is 0.000000206. The first-order valence-electron chi connectivity index (χ1n) is 16.0. The second-order valence-corrected chi connectivity index (χ2v) is 12.3. The summed E-state index contributed by atoms with van der Waals surface area (Å²) in [4.78, 5) is 0.991. The molecule has 2 heterocycles. The molecule has 8 rings (SSSR count). The fourth-order valence-corrected chi connectivity index (χ4v) is 6.30. The van der Waals surface area contributed by atoms with Gasteiger partial charge in [-0.3, -0.25) is 0 Å². The second kappa shape index (κ2) is 18.6. The Hall–Kier alpha value is -5.09. The van der Waals surface area contributed by atoms with E-state index in [-0.39, 0.29) is 32.0 Å². The SMILES string of the molecule is C[OH+]c1ccsc1-c1cc(C)cc(-n2c3ccccc3c3ccccc32)c1O.[CH2-]c1ccccc1.[CH2-]c1ccccc1.[CH2-]c1ccccc1.[Zr+2]. The number of fused-ring (bicyclic) bond motifs is 3. The molecule has 0 radical (unpaired) electrons. The van der Waals surface area contributed by atoms with Crippen molar-refractivity contribution in [3.8, 4) is 27.6 Å². The van der Waals surface area contributed by atoms with Gasteiger partial charge in [-0.2, -0.15) is 73.9 Å². The summed E-state index contributed by atoms with van der Waals surface area (Å²) < 4.78 is 6.52. The van der Waals surface area contributed by atoms with E-state index in [9.17, 15) is 5.11 Å². The molecule has 0 aliphatic carbocycles. The standard InChI is InChI=1S/C24H19NO2S.3C7H7.Zr/c1-15-13-18(24-22(27-2)11-12-28-24)23(26)21(14-15)25-19-9-5-3-7-16(19)17-8-4-6-10-20(17)25;3*1-7-5-3-2-4-6-7;/h3-14,26H,1-2H3;3*2-6H,1H2;/q;3*-1;+2/p+1. The zero-order valence-corrected chi connectivity index (χ0v) is 31.7. The second-order valence-electron chi connectivity index (χ2n) is 11.4. The molecule has 0 saturated carbocycles. The average Bonchev–Trinajstić information content (AvgIpc) is 3.74. The van der Waals surface area contributed by atoms with Crippen molar-refractivity contribution < 1.29 is 36.0 Å². The number of benzene rings is 6. The summed E-state index contributed by atoms with van der Waals surface area (Å²) in [6, 6.07) is 52.4. The number of aromatic nitrogens is 1. The van der Waals surface area contributed by atoms with E-state index in [2.05, 4.69) is 73.4 Å². The van der Waals surface area contributed by atoms with Crippen LogP contribution < -0.4 is 0 Å². The quantitative estimate of drug-likeness (QED) is 0.142. The molecular formula is C45H41NO2SZr. The van der Waals surface area contributed by atoms with Crippen LogP contribution in [-0.4, -0.2) is 21.5 Å². The van der Waals surface area contributed by atoms with Crippen LogP contribution in [-0.2, 0) is 26.2 Å². The van der Waals surface area contributed by atoms with Gasteiger partial charge in [0.2, 0.25) is 0 Å². The summed E-state index contributed by atoms with van der Waals surface area (Å²) in [5.74, 6) is 1.18. The van der Waals surface area contributed by atoms with E-state index < -0.39 is 0 Å². The first-order chi connectivity index (χ1) is 23.9. The molecule has 0 unspecified atom stereocenters. The number of hydrogen-bond donors (Lipinski definition) is 1. The number of aliphatic hydroxyl groups is 1. The normalized spacial score (nSPS) is 9.96. The number of aryl methyl sites for hydroxylation is 1. The van der Waals surface area contributed by atoms with Gasteiger partial charge < -0.3 is 14.4 Å². The molecule has 6 aromatic carbocycles. The van der Waals surface area contributed by atoms with E-state index in [0.29, 0.717) is 0 Å². The largest absolute Gasteiger partial charge is 2.00 e. The number of hydrogen-bond acceptors (Lipinski definition) is 2. The van der Waals surface area contributed by atoms with Gasteiger partial charge in [-0.15, -0.1) is 47.7 Å².